The molecule has 2 aromatic carbocycles. The van der Waals surface area contributed by atoms with Crippen molar-refractivity contribution in [2.45, 2.75) is 19.9 Å². The monoisotopic (exact) mass is 400 g/mol. The van der Waals surface area contributed by atoms with E-state index in [4.69, 9.17) is 18.9 Å². The number of carbonyl (C=O) groups excluding carboxylic acids is 1. The van der Waals surface area contributed by atoms with Crippen LogP contribution in [0.2, 0.25) is 0 Å². The highest BCUT2D eigenvalue weighted by molar-refractivity contribution is 5.92. The number of carbonyl (C=O) groups is 1. The Hall–Kier alpha value is -2.93. The molecule has 7 heteroatoms. The van der Waals surface area contributed by atoms with Gasteiger partial charge in [0.25, 0.3) is 0 Å². The Labute approximate surface area is 171 Å². The average molecular weight is 400 g/mol. The summed E-state index contributed by atoms with van der Waals surface area (Å²) in [5, 5.41) is 2.94. The molecule has 0 fully saturated rings. The van der Waals surface area contributed by atoms with Crippen LogP contribution in [0.5, 0.6) is 23.0 Å². The molecule has 0 spiro atoms. The van der Waals surface area contributed by atoms with Crippen LogP contribution >= 0.6 is 0 Å². The smallest absolute Gasteiger partial charge is 0.238 e. The van der Waals surface area contributed by atoms with Crippen LogP contribution in [0.4, 0.5) is 5.69 Å². The molecule has 2 aromatic rings. The summed E-state index contributed by atoms with van der Waals surface area (Å²) in [6, 6.07) is 11.3. The molecule has 0 saturated heterocycles. The molecule has 1 amide bonds. The number of nitrogens with one attached hydrogen (secondary N) is 1. The van der Waals surface area contributed by atoms with Gasteiger partial charge in [-0.1, -0.05) is 13.0 Å². The van der Waals surface area contributed by atoms with Crippen molar-refractivity contribution in [2.75, 3.05) is 45.8 Å². The van der Waals surface area contributed by atoms with Crippen LogP contribution in [0.15, 0.2) is 36.4 Å². The zero-order chi connectivity index (χ0) is 20.6. The summed E-state index contributed by atoms with van der Waals surface area (Å²) in [6.07, 6.45) is 0.845. The fourth-order valence-corrected chi connectivity index (χ4v) is 3.16. The molecule has 0 aliphatic carbocycles. The second-order valence-corrected chi connectivity index (χ2v) is 6.75. The number of nitrogens with zero attached hydrogens (tertiary/aromatic N) is 1. The topological polar surface area (TPSA) is 69.3 Å². The molecular weight excluding hydrogens is 372 g/mol. The van der Waals surface area contributed by atoms with Gasteiger partial charge in [-0.2, -0.15) is 0 Å². The van der Waals surface area contributed by atoms with Crippen molar-refractivity contribution in [2.24, 2.45) is 0 Å². The zero-order valence-electron chi connectivity index (χ0n) is 17.2. The lowest BCUT2D eigenvalue weighted by Gasteiger charge is -2.21. The predicted octanol–water partition coefficient (Wildman–Crippen LogP) is 3.33. The van der Waals surface area contributed by atoms with Gasteiger partial charge in [-0.3, -0.25) is 9.69 Å². The molecule has 1 aliphatic heterocycles. The van der Waals surface area contributed by atoms with Gasteiger partial charge in [-0.05, 0) is 36.4 Å². The van der Waals surface area contributed by atoms with E-state index >= 15 is 0 Å². The van der Waals surface area contributed by atoms with E-state index in [2.05, 4.69) is 10.2 Å². The normalized spacial score (nSPS) is 13.0. The van der Waals surface area contributed by atoms with Gasteiger partial charge in [-0.25, -0.2) is 0 Å². The van der Waals surface area contributed by atoms with Crippen molar-refractivity contribution in [3.8, 4) is 23.0 Å². The van der Waals surface area contributed by atoms with Crippen molar-refractivity contribution in [3.63, 3.8) is 0 Å². The molecule has 0 unspecified atom stereocenters. The lowest BCUT2D eigenvalue weighted by molar-refractivity contribution is -0.117. The summed E-state index contributed by atoms with van der Waals surface area (Å²) in [4.78, 5) is 14.6. The number of likely N-dealkylation sites (N-methyl/N-ethyl adjacent to an activating group) is 1. The van der Waals surface area contributed by atoms with E-state index < -0.39 is 0 Å². The van der Waals surface area contributed by atoms with Gasteiger partial charge in [0.15, 0.2) is 23.0 Å². The van der Waals surface area contributed by atoms with Crippen LogP contribution in [-0.2, 0) is 11.3 Å². The molecule has 0 aromatic heterocycles. The first-order valence-electron chi connectivity index (χ1n) is 9.75. The molecule has 156 valence electrons. The van der Waals surface area contributed by atoms with E-state index in [-0.39, 0.29) is 12.5 Å². The standard InChI is InChI=1S/C22H28N2O5/c1-4-24(14-16-6-8-18(26-2)20(12-16)27-3)15-22(25)23-17-7-9-19-21(13-17)29-11-5-10-28-19/h6-9,12-13H,4-5,10-11,14-15H2,1-3H3,(H,23,25). The van der Waals surface area contributed by atoms with E-state index in [0.717, 1.165) is 18.5 Å². The molecule has 0 bridgehead atoms. The second-order valence-electron chi connectivity index (χ2n) is 6.75. The molecule has 0 radical (unpaired) electrons. The Bertz CT molecular complexity index is 840. The number of anilines is 1. The van der Waals surface area contributed by atoms with E-state index in [1.165, 1.54) is 0 Å². The molecule has 0 atom stereocenters. The van der Waals surface area contributed by atoms with Crippen LogP contribution < -0.4 is 24.3 Å². The number of hydrogen-bond acceptors (Lipinski definition) is 6. The van der Waals surface area contributed by atoms with Crippen LogP contribution in [0.25, 0.3) is 0 Å². The lowest BCUT2D eigenvalue weighted by Crippen LogP contribution is -2.32. The number of ether oxygens (including phenoxy) is 4. The van der Waals surface area contributed by atoms with Gasteiger partial charge in [0.2, 0.25) is 5.91 Å². The maximum Gasteiger partial charge on any atom is 0.238 e. The molecular formula is C22H28N2O5. The van der Waals surface area contributed by atoms with E-state index in [9.17, 15) is 4.79 Å². The van der Waals surface area contributed by atoms with Gasteiger partial charge in [0, 0.05) is 24.7 Å². The first-order valence-corrected chi connectivity index (χ1v) is 9.75. The maximum absolute atomic E-state index is 12.6. The summed E-state index contributed by atoms with van der Waals surface area (Å²) >= 11 is 0. The number of hydrogen-bond donors (Lipinski definition) is 1. The lowest BCUT2D eigenvalue weighted by atomic mass is 10.2. The zero-order valence-corrected chi connectivity index (χ0v) is 17.2. The Morgan fingerprint density at radius 3 is 2.52 bits per heavy atom. The fourth-order valence-electron chi connectivity index (χ4n) is 3.16. The van der Waals surface area contributed by atoms with Gasteiger partial charge in [0.1, 0.15) is 0 Å². The molecule has 7 nitrogen and oxygen atoms in total. The molecule has 29 heavy (non-hydrogen) atoms. The minimum absolute atomic E-state index is 0.0817. The number of benzene rings is 2. The fraction of sp³-hybridized carbons (Fsp3) is 0.409. The molecule has 0 saturated carbocycles. The molecule has 3 rings (SSSR count). The Morgan fingerprint density at radius 2 is 1.79 bits per heavy atom. The SMILES string of the molecule is CCN(CC(=O)Nc1ccc2c(c1)OCCCO2)Cc1ccc(OC)c(OC)c1. The van der Waals surface area contributed by atoms with Gasteiger partial charge < -0.3 is 24.3 Å². The second kappa shape index (κ2) is 10.0. The maximum atomic E-state index is 12.6. The van der Waals surface area contributed by atoms with Gasteiger partial charge in [0.05, 0.1) is 34.0 Å². The summed E-state index contributed by atoms with van der Waals surface area (Å²) < 4.78 is 22.0. The van der Waals surface area contributed by atoms with E-state index in [0.29, 0.717) is 48.4 Å². The van der Waals surface area contributed by atoms with Crippen molar-refractivity contribution in [3.05, 3.63) is 42.0 Å². The predicted molar refractivity (Wildman–Crippen MR) is 111 cm³/mol. The highest BCUT2D eigenvalue weighted by Crippen LogP contribution is 2.32. The Balaban J connectivity index is 1.61. The quantitative estimate of drug-likeness (QED) is 0.733. The third-order valence-corrected chi connectivity index (χ3v) is 4.70. The first-order chi connectivity index (χ1) is 14.1. The summed E-state index contributed by atoms with van der Waals surface area (Å²) in [5.41, 5.74) is 1.74. The number of methoxy groups -OCH3 is 2. The largest absolute Gasteiger partial charge is 0.493 e. The minimum atomic E-state index is -0.0817. The number of fused-ring (bicyclic) bond motifs is 1. The molecule has 1 N–H and O–H groups in total. The van der Waals surface area contributed by atoms with Crippen LogP contribution in [0, 0.1) is 0 Å². The Kier molecular flexibility index (Phi) is 7.19. The summed E-state index contributed by atoms with van der Waals surface area (Å²) in [7, 11) is 3.22. The van der Waals surface area contributed by atoms with E-state index in [1.54, 1.807) is 14.2 Å². The first kappa shape index (κ1) is 20.8. The van der Waals surface area contributed by atoms with Crippen molar-refractivity contribution < 1.29 is 23.7 Å². The molecule has 1 aliphatic rings. The third-order valence-electron chi connectivity index (χ3n) is 4.70. The summed E-state index contributed by atoms with van der Waals surface area (Å²) in [6.45, 7) is 4.93. The van der Waals surface area contributed by atoms with Crippen molar-refractivity contribution >= 4 is 11.6 Å². The van der Waals surface area contributed by atoms with Crippen molar-refractivity contribution in [1.29, 1.82) is 0 Å². The van der Waals surface area contributed by atoms with Gasteiger partial charge in [-0.15, -0.1) is 0 Å². The average Bonchev–Trinajstić information content (AvgIpc) is 2.98. The van der Waals surface area contributed by atoms with Crippen LogP contribution in [0.1, 0.15) is 18.9 Å². The summed E-state index contributed by atoms with van der Waals surface area (Å²) in [5.74, 6) is 2.66. The highest BCUT2D eigenvalue weighted by Gasteiger charge is 2.14. The number of amides is 1. The highest BCUT2D eigenvalue weighted by atomic mass is 16.5. The molecule has 1 heterocycles. The van der Waals surface area contributed by atoms with Crippen LogP contribution in [-0.4, -0.2) is 51.3 Å². The van der Waals surface area contributed by atoms with Crippen LogP contribution in [0.3, 0.4) is 0 Å². The van der Waals surface area contributed by atoms with Crippen molar-refractivity contribution in [1.82, 2.24) is 4.90 Å². The minimum Gasteiger partial charge on any atom is -0.493 e. The Morgan fingerprint density at radius 1 is 1.03 bits per heavy atom. The van der Waals surface area contributed by atoms with Gasteiger partial charge >= 0.3 is 0 Å². The van der Waals surface area contributed by atoms with E-state index in [1.807, 2.05) is 43.3 Å². The number of rotatable bonds is 8. The third kappa shape index (κ3) is 5.54.